The zero-order valence-electron chi connectivity index (χ0n) is 12.4. The Morgan fingerprint density at radius 3 is 2.19 bits per heavy atom. The molecule has 1 N–H and O–H groups in total. The van der Waals surface area contributed by atoms with Crippen LogP contribution in [0.15, 0.2) is 29.2 Å². The number of hydrogen-bond donors (Lipinski definition) is 1. The standard InChI is InChI=1S/C14H21N3O3S/c1-12(18)11-16-7-9-17(10-8-16)21(19,20)14-5-3-13(15-2)4-6-14/h3-6,15H,7-11H2,1-2H3. The van der Waals surface area contributed by atoms with Gasteiger partial charge in [0.2, 0.25) is 10.0 Å². The van der Waals surface area contributed by atoms with Gasteiger partial charge in [-0.3, -0.25) is 9.69 Å². The molecule has 7 heteroatoms. The third-order valence-corrected chi connectivity index (χ3v) is 5.47. The van der Waals surface area contributed by atoms with Gasteiger partial charge in [-0.15, -0.1) is 0 Å². The molecule has 6 nitrogen and oxygen atoms in total. The van der Waals surface area contributed by atoms with Gasteiger partial charge >= 0.3 is 0 Å². The predicted molar refractivity (Wildman–Crippen MR) is 81.9 cm³/mol. The highest BCUT2D eigenvalue weighted by molar-refractivity contribution is 7.89. The summed E-state index contributed by atoms with van der Waals surface area (Å²) in [4.78, 5) is 13.4. The Hall–Kier alpha value is -1.44. The first kappa shape index (κ1) is 15.9. The van der Waals surface area contributed by atoms with E-state index in [1.807, 2.05) is 4.90 Å². The number of nitrogens with zero attached hydrogens (tertiary/aromatic N) is 2. The second-order valence-electron chi connectivity index (χ2n) is 5.16. The molecule has 0 radical (unpaired) electrons. The topological polar surface area (TPSA) is 69.7 Å². The number of sulfonamides is 1. The Morgan fingerprint density at radius 1 is 1.14 bits per heavy atom. The molecule has 0 unspecified atom stereocenters. The minimum absolute atomic E-state index is 0.106. The summed E-state index contributed by atoms with van der Waals surface area (Å²) in [6.45, 7) is 3.96. The Kier molecular flexibility index (Phi) is 4.97. The van der Waals surface area contributed by atoms with E-state index in [0.29, 0.717) is 37.6 Å². The van der Waals surface area contributed by atoms with Crippen LogP contribution in [0.5, 0.6) is 0 Å². The molecular weight excluding hydrogens is 290 g/mol. The summed E-state index contributed by atoms with van der Waals surface area (Å²) in [6, 6.07) is 6.73. The normalized spacial score (nSPS) is 17.6. The van der Waals surface area contributed by atoms with Crippen LogP contribution in [0.1, 0.15) is 6.92 Å². The molecule has 0 saturated carbocycles. The first-order valence-electron chi connectivity index (χ1n) is 6.93. The quantitative estimate of drug-likeness (QED) is 0.863. The van der Waals surface area contributed by atoms with Crippen LogP contribution in [-0.4, -0.2) is 63.2 Å². The maximum Gasteiger partial charge on any atom is 0.243 e. The largest absolute Gasteiger partial charge is 0.388 e. The lowest BCUT2D eigenvalue weighted by Crippen LogP contribution is -2.49. The molecule has 116 valence electrons. The van der Waals surface area contributed by atoms with Crippen LogP contribution in [-0.2, 0) is 14.8 Å². The highest BCUT2D eigenvalue weighted by atomic mass is 32.2. The molecular formula is C14H21N3O3S. The van der Waals surface area contributed by atoms with Crippen molar-refractivity contribution in [3.8, 4) is 0 Å². The highest BCUT2D eigenvalue weighted by Gasteiger charge is 2.28. The first-order chi connectivity index (χ1) is 9.93. The van der Waals surface area contributed by atoms with Crippen LogP contribution in [0.4, 0.5) is 5.69 Å². The van der Waals surface area contributed by atoms with Crippen LogP contribution in [0.3, 0.4) is 0 Å². The van der Waals surface area contributed by atoms with Gasteiger partial charge in [-0.2, -0.15) is 4.31 Å². The van der Waals surface area contributed by atoms with Crippen molar-refractivity contribution >= 4 is 21.5 Å². The number of nitrogens with one attached hydrogen (secondary N) is 1. The second kappa shape index (κ2) is 6.55. The van der Waals surface area contributed by atoms with E-state index in [1.165, 1.54) is 4.31 Å². The number of rotatable bonds is 5. The van der Waals surface area contributed by atoms with Gasteiger partial charge in [0.15, 0.2) is 0 Å². The number of carbonyl (C=O) groups excluding carboxylic acids is 1. The summed E-state index contributed by atoms with van der Waals surface area (Å²) in [5.41, 5.74) is 0.875. The summed E-state index contributed by atoms with van der Waals surface area (Å²) in [5.74, 6) is 0.106. The maximum absolute atomic E-state index is 12.5. The van der Waals surface area contributed by atoms with Crippen LogP contribution in [0.2, 0.25) is 0 Å². The van der Waals surface area contributed by atoms with Crippen LogP contribution in [0, 0.1) is 0 Å². The van der Waals surface area contributed by atoms with E-state index < -0.39 is 10.0 Å². The molecule has 1 fully saturated rings. The fourth-order valence-electron chi connectivity index (χ4n) is 2.39. The second-order valence-corrected chi connectivity index (χ2v) is 7.09. The Bertz CT molecular complexity index is 590. The molecule has 21 heavy (non-hydrogen) atoms. The molecule has 0 aliphatic carbocycles. The molecule has 1 aliphatic rings. The zero-order chi connectivity index (χ0) is 15.5. The zero-order valence-corrected chi connectivity index (χ0v) is 13.2. The molecule has 2 rings (SSSR count). The van der Waals surface area contributed by atoms with Gasteiger partial charge in [-0.1, -0.05) is 0 Å². The highest BCUT2D eigenvalue weighted by Crippen LogP contribution is 2.19. The molecule has 1 heterocycles. The fraction of sp³-hybridized carbons (Fsp3) is 0.500. The van der Waals surface area contributed by atoms with Crippen LogP contribution < -0.4 is 5.32 Å². The number of piperazine rings is 1. The van der Waals surface area contributed by atoms with Gasteiger partial charge in [-0.05, 0) is 31.2 Å². The molecule has 0 atom stereocenters. The third kappa shape index (κ3) is 3.81. The number of ketones is 1. The smallest absolute Gasteiger partial charge is 0.243 e. The van der Waals surface area contributed by atoms with Gasteiger partial charge in [-0.25, -0.2) is 8.42 Å². The van der Waals surface area contributed by atoms with Gasteiger partial charge in [0, 0.05) is 38.9 Å². The molecule has 0 bridgehead atoms. The number of Topliss-reactive ketones (excluding diaryl/α,β-unsaturated/α-hetero) is 1. The molecule has 1 aliphatic heterocycles. The van der Waals surface area contributed by atoms with Crippen molar-refractivity contribution in [1.29, 1.82) is 0 Å². The number of anilines is 1. The minimum atomic E-state index is -3.44. The predicted octanol–water partition coefficient (Wildman–Crippen LogP) is 0.624. The van der Waals surface area contributed by atoms with E-state index in [4.69, 9.17) is 0 Å². The molecule has 0 amide bonds. The molecule has 1 aromatic carbocycles. The summed E-state index contributed by atoms with van der Waals surface area (Å²) in [6.07, 6.45) is 0. The average molecular weight is 311 g/mol. The maximum atomic E-state index is 12.5. The van der Waals surface area contributed by atoms with Gasteiger partial charge in [0.1, 0.15) is 5.78 Å². The minimum Gasteiger partial charge on any atom is -0.388 e. The van der Waals surface area contributed by atoms with Gasteiger partial charge < -0.3 is 5.32 Å². The molecule has 0 spiro atoms. The Balaban J connectivity index is 2.05. The van der Waals surface area contributed by atoms with E-state index >= 15 is 0 Å². The lowest BCUT2D eigenvalue weighted by atomic mass is 10.3. The van der Waals surface area contributed by atoms with E-state index in [9.17, 15) is 13.2 Å². The van der Waals surface area contributed by atoms with Crippen molar-refractivity contribution in [3.63, 3.8) is 0 Å². The van der Waals surface area contributed by atoms with Crippen molar-refractivity contribution < 1.29 is 13.2 Å². The average Bonchev–Trinajstić information content (AvgIpc) is 2.47. The van der Waals surface area contributed by atoms with E-state index in [2.05, 4.69) is 5.32 Å². The van der Waals surface area contributed by atoms with Crippen molar-refractivity contribution in [1.82, 2.24) is 9.21 Å². The number of carbonyl (C=O) groups is 1. The molecule has 1 aromatic rings. The van der Waals surface area contributed by atoms with Crippen molar-refractivity contribution in [2.75, 3.05) is 45.1 Å². The third-order valence-electron chi connectivity index (χ3n) is 3.56. The summed E-state index contributed by atoms with van der Waals surface area (Å²) in [5, 5.41) is 2.96. The Labute approximate surface area is 125 Å². The monoisotopic (exact) mass is 311 g/mol. The van der Waals surface area contributed by atoms with Gasteiger partial charge in [0.05, 0.1) is 11.4 Å². The summed E-state index contributed by atoms with van der Waals surface area (Å²) >= 11 is 0. The van der Waals surface area contributed by atoms with Crippen LogP contribution in [0.25, 0.3) is 0 Å². The molecule has 0 aromatic heterocycles. The summed E-state index contributed by atoms with van der Waals surface area (Å²) < 4.78 is 26.6. The summed E-state index contributed by atoms with van der Waals surface area (Å²) in [7, 11) is -1.66. The lowest BCUT2D eigenvalue weighted by molar-refractivity contribution is -0.118. The Morgan fingerprint density at radius 2 is 1.71 bits per heavy atom. The lowest BCUT2D eigenvalue weighted by Gasteiger charge is -2.33. The van der Waals surface area contributed by atoms with E-state index in [-0.39, 0.29) is 5.78 Å². The first-order valence-corrected chi connectivity index (χ1v) is 8.37. The number of hydrogen-bond acceptors (Lipinski definition) is 5. The van der Waals surface area contributed by atoms with E-state index in [0.717, 1.165) is 5.69 Å². The number of benzene rings is 1. The van der Waals surface area contributed by atoms with E-state index in [1.54, 1.807) is 38.2 Å². The van der Waals surface area contributed by atoms with Crippen molar-refractivity contribution in [2.45, 2.75) is 11.8 Å². The van der Waals surface area contributed by atoms with Crippen molar-refractivity contribution in [2.24, 2.45) is 0 Å². The van der Waals surface area contributed by atoms with Crippen LogP contribution >= 0.6 is 0 Å². The fourth-order valence-corrected chi connectivity index (χ4v) is 3.81. The van der Waals surface area contributed by atoms with Gasteiger partial charge in [0.25, 0.3) is 0 Å². The van der Waals surface area contributed by atoms with Crippen molar-refractivity contribution in [3.05, 3.63) is 24.3 Å². The SMILES string of the molecule is CNc1ccc(S(=O)(=O)N2CCN(CC(C)=O)CC2)cc1. The molecule has 1 saturated heterocycles.